The van der Waals surface area contributed by atoms with Gasteiger partial charge in [-0.05, 0) is 38.9 Å². The highest BCUT2D eigenvalue weighted by atomic mass is 16.3. The molecule has 96 valence electrons. The number of nitrogens with one attached hydrogen (secondary N) is 1. The zero-order chi connectivity index (χ0) is 12.0. The van der Waals surface area contributed by atoms with Gasteiger partial charge in [0.25, 0.3) is 0 Å². The fourth-order valence-electron chi connectivity index (χ4n) is 2.69. The Morgan fingerprint density at radius 3 is 2.69 bits per heavy atom. The first-order valence-electron chi connectivity index (χ1n) is 6.74. The number of hydrogen-bond donors (Lipinski definition) is 2. The smallest absolute Gasteiger partial charge is 0.0695 e. The van der Waals surface area contributed by atoms with Crippen LogP contribution in [-0.2, 0) is 0 Å². The molecule has 0 aromatic carbocycles. The van der Waals surface area contributed by atoms with Crippen LogP contribution in [0.25, 0.3) is 0 Å². The summed E-state index contributed by atoms with van der Waals surface area (Å²) in [5.74, 6) is 0.652. The summed E-state index contributed by atoms with van der Waals surface area (Å²) in [6.07, 6.45) is 4.50. The molecule has 1 saturated carbocycles. The monoisotopic (exact) mass is 228 g/mol. The van der Waals surface area contributed by atoms with Crippen LogP contribution in [0.4, 0.5) is 0 Å². The fourth-order valence-corrected chi connectivity index (χ4v) is 2.69. The maximum atomic E-state index is 9.97. The van der Waals surface area contributed by atoms with Crippen molar-refractivity contribution in [3.63, 3.8) is 0 Å². The molecule has 3 atom stereocenters. The second-order valence-electron chi connectivity index (χ2n) is 5.27. The Hall–Kier alpha value is -0.120. The van der Waals surface area contributed by atoms with Gasteiger partial charge in [0, 0.05) is 12.6 Å². The molecule has 1 fully saturated rings. The Morgan fingerprint density at radius 2 is 2.06 bits per heavy atom. The van der Waals surface area contributed by atoms with E-state index in [1.807, 2.05) is 0 Å². The summed E-state index contributed by atoms with van der Waals surface area (Å²) in [6, 6.07) is 0.387. The van der Waals surface area contributed by atoms with Crippen LogP contribution >= 0.6 is 0 Å². The van der Waals surface area contributed by atoms with Crippen LogP contribution in [0.3, 0.4) is 0 Å². The molecule has 1 aliphatic carbocycles. The Labute approximate surface area is 100 Å². The van der Waals surface area contributed by atoms with E-state index in [-0.39, 0.29) is 6.10 Å². The first kappa shape index (κ1) is 13.9. The van der Waals surface area contributed by atoms with Gasteiger partial charge in [-0.3, -0.25) is 0 Å². The van der Waals surface area contributed by atoms with Gasteiger partial charge >= 0.3 is 0 Å². The summed E-state index contributed by atoms with van der Waals surface area (Å²) in [4.78, 5) is 2.35. The van der Waals surface area contributed by atoms with Crippen LogP contribution in [0.15, 0.2) is 0 Å². The van der Waals surface area contributed by atoms with Crippen molar-refractivity contribution in [3.8, 4) is 0 Å². The van der Waals surface area contributed by atoms with Crippen molar-refractivity contribution >= 4 is 0 Å². The van der Waals surface area contributed by atoms with Crippen molar-refractivity contribution < 1.29 is 5.11 Å². The highest BCUT2D eigenvalue weighted by Gasteiger charge is 2.26. The molecule has 1 aliphatic rings. The lowest BCUT2D eigenvalue weighted by Gasteiger charge is -2.36. The van der Waals surface area contributed by atoms with Crippen molar-refractivity contribution in [1.82, 2.24) is 10.2 Å². The first-order chi connectivity index (χ1) is 7.65. The van der Waals surface area contributed by atoms with E-state index in [2.05, 4.69) is 31.1 Å². The standard InChI is InChI=1S/C13H28N2O/c1-4-14-9-11(2)10-15(3)12-7-5-6-8-13(12)16/h11-14,16H,4-10H2,1-3H3. The van der Waals surface area contributed by atoms with Crippen LogP contribution in [-0.4, -0.2) is 48.8 Å². The first-order valence-corrected chi connectivity index (χ1v) is 6.74. The zero-order valence-electron chi connectivity index (χ0n) is 11.1. The van der Waals surface area contributed by atoms with E-state index in [1.165, 1.54) is 12.8 Å². The number of nitrogens with zero attached hydrogens (tertiary/aromatic N) is 1. The van der Waals surface area contributed by atoms with Gasteiger partial charge in [-0.25, -0.2) is 0 Å². The van der Waals surface area contributed by atoms with E-state index < -0.39 is 0 Å². The summed E-state index contributed by atoms with van der Waals surface area (Å²) < 4.78 is 0. The van der Waals surface area contributed by atoms with Gasteiger partial charge in [0.1, 0.15) is 0 Å². The molecule has 0 aliphatic heterocycles. The quantitative estimate of drug-likeness (QED) is 0.722. The molecule has 0 radical (unpaired) electrons. The average Bonchev–Trinajstić information content (AvgIpc) is 2.26. The van der Waals surface area contributed by atoms with Crippen LogP contribution in [0.5, 0.6) is 0 Å². The fraction of sp³-hybridized carbons (Fsp3) is 1.00. The lowest BCUT2D eigenvalue weighted by molar-refractivity contribution is 0.0268. The molecule has 0 aromatic heterocycles. The number of aliphatic hydroxyl groups excluding tert-OH is 1. The third-order valence-corrected chi connectivity index (χ3v) is 3.60. The molecular weight excluding hydrogens is 200 g/mol. The summed E-state index contributed by atoms with van der Waals surface area (Å²) in [6.45, 7) is 7.61. The van der Waals surface area contributed by atoms with Gasteiger partial charge in [-0.1, -0.05) is 26.7 Å². The summed E-state index contributed by atoms with van der Waals surface area (Å²) in [5.41, 5.74) is 0. The van der Waals surface area contributed by atoms with Crippen LogP contribution in [0.1, 0.15) is 39.5 Å². The zero-order valence-corrected chi connectivity index (χ0v) is 11.1. The lowest BCUT2D eigenvalue weighted by Crippen LogP contribution is -2.45. The number of likely N-dealkylation sites (N-methyl/N-ethyl adjacent to an activating group) is 1. The summed E-state index contributed by atoms with van der Waals surface area (Å²) in [5, 5.41) is 13.3. The van der Waals surface area contributed by atoms with E-state index in [0.717, 1.165) is 32.5 Å². The minimum Gasteiger partial charge on any atom is -0.391 e. The third-order valence-electron chi connectivity index (χ3n) is 3.60. The molecule has 16 heavy (non-hydrogen) atoms. The minimum absolute atomic E-state index is 0.106. The largest absolute Gasteiger partial charge is 0.391 e. The van der Waals surface area contributed by atoms with Gasteiger partial charge in [0.05, 0.1) is 6.10 Å². The molecule has 0 bridgehead atoms. The van der Waals surface area contributed by atoms with Gasteiger partial charge in [0.2, 0.25) is 0 Å². The Bertz CT molecular complexity index is 187. The van der Waals surface area contributed by atoms with E-state index in [1.54, 1.807) is 0 Å². The second-order valence-corrected chi connectivity index (χ2v) is 5.27. The molecule has 2 N–H and O–H groups in total. The van der Waals surface area contributed by atoms with Crippen molar-refractivity contribution in [2.24, 2.45) is 5.92 Å². The van der Waals surface area contributed by atoms with Crippen LogP contribution in [0, 0.1) is 5.92 Å². The molecule has 3 unspecified atom stereocenters. The highest BCUT2D eigenvalue weighted by Crippen LogP contribution is 2.22. The van der Waals surface area contributed by atoms with Gasteiger partial charge < -0.3 is 15.3 Å². The molecule has 1 rings (SSSR count). The minimum atomic E-state index is -0.106. The SMILES string of the molecule is CCNCC(C)CN(C)C1CCCCC1O. The normalized spacial score (nSPS) is 28.3. The molecule has 0 saturated heterocycles. The van der Waals surface area contributed by atoms with E-state index in [4.69, 9.17) is 0 Å². The lowest BCUT2D eigenvalue weighted by atomic mass is 9.91. The summed E-state index contributed by atoms with van der Waals surface area (Å²) in [7, 11) is 2.15. The predicted molar refractivity (Wildman–Crippen MR) is 68.6 cm³/mol. The number of aliphatic hydroxyl groups is 1. The summed E-state index contributed by atoms with van der Waals surface area (Å²) >= 11 is 0. The van der Waals surface area contributed by atoms with Crippen LogP contribution in [0.2, 0.25) is 0 Å². The maximum Gasteiger partial charge on any atom is 0.0695 e. The third kappa shape index (κ3) is 4.40. The van der Waals surface area contributed by atoms with Crippen LogP contribution < -0.4 is 5.32 Å². The van der Waals surface area contributed by atoms with E-state index in [0.29, 0.717) is 12.0 Å². The molecule has 0 spiro atoms. The Balaban J connectivity index is 2.29. The topological polar surface area (TPSA) is 35.5 Å². The van der Waals surface area contributed by atoms with E-state index in [9.17, 15) is 5.11 Å². The van der Waals surface area contributed by atoms with Gasteiger partial charge in [0.15, 0.2) is 0 Å². The predicted octanol–water partition coefficient (Wildman–Crippen LogP) is 1.47. The molecule has 3 nitrogen and oxygen atoms in total. The van der Waals surface area contributed by atoms with Gasteiger partial charge in [-0.15, -0.1) is 0 Å². The van der Waals surface area contributed by atoms with Gasteiger partial charge in [-0.2, -0.15) is 0 Å². The Morgan fingerprint density at radius 1 is 1.38 bits per heavy atom. The highest BCUT2D eigenvalue weighted by molar-refractivity contribution is 4.82. The van der Waals surface area contributed by atoms with E-state index >= 15 is 0 Å². The average molecular weight is 228 g/mol. The number of hydrogen-bond acceptors (Lipinski definition) is 3. The molecular formula is C13H28N2O. The molecule has 0 aromatic rings. The Kier molecular flexibility index (Phi) is 6.32. The van der Waals surface area contributed by atoms with Crippen molar-refractivity contribution in [1.29, 1.82) is 0 Å². The van der Waals surface area contributed by atoms with Crippen molar-refractivity contribution in [3.05, 3.63) is 0 Å². The molecule has 0 heterocycles. The number of rotatable bonds is 6. The second kappa shape index (κ2) is 7.25. The van der Waals surface area contributed by atoms with Crippen molar-refractivity contribution in [2.45, 2.75) is 51.7 Å². The molecule has 3 heteroatoms. The maximum absolute atomic E-state index is 9.97. The van der Waals surface area contributed by atoms with Crippen molar-refractivity contribution in [2.75, 3.05) is 26.7 Å². The molecule has 0 amide bonds.